The Bertz CT molecular complexity index is 1220. The van der Waals surface area contributed by atoms with Crippen molar-refractivity contribution in [3.63, 3.8) is 0 Å². The Hall–Kier alpha value is -2.75. The Morgan fingerprint density at radius 3 is 2.41 bits per heavy atom. The maximum absolute atomic E-state index is 13.8. The fourth-order valence-electron chi connectivity index (χ4n) is 3.13. The zero-order valence-corrected chi connectivity index (χ0v) is 21.0. The number of nitrogens with two attached hydrogens (primary N) is 1. The summed E-state index contributed by atoms with van der Waals surface area (Å²) in [5, 5.41) is 3.04. The van der Waals surface area contributed by atoms with E-state index in [-0.39, 0.29) is 40.4 Å². The number of carbonyl (C=O) groups excluding carboxylic acids is 1. The highest BCUT2D eigenvalue weighted by Gasteiger charge is 2.14. The van der Waals surface area contributed by atoms with Crippen LogP contribution in [0.5, 0.6) is 5.75 Å². The zero-order chi connectivity index (χ0) is 24.1. The fourth-order valence-corrected chi connectivity index (χ4v) is 3.57. The molecule has 0 radical (unpaired) electrons. The SMILES string of the molecule is Cc1cc(OCc2ccc(F)cc2F)c(Br)c(=O)n1Cc1ccc(CNC(C)C(N)=O)cc1.Cl. The number of benzene rings is 2. The van der Waals surface area contributed by atoms with E-state index >= 15 is 0 Å². The molecule has 10 heteroatoms. The van der Waals surface area contributed by atoms with Crippen molar-refractivity contribution in [1.82, 2.24) is 9.88 Å². The second-order valence-corrected chi connectivity index (χ2v) is 8.49. The molecule has 34 heavy (non-hydrogen) atoms. The number of halogens is 4. The lowest BCUT2D eigenvalue weighted by Crippen LogP contribution is -2.38. The Morgan fingerprint density at radius 2 is 1.79 bits per heavy atom. The number of nitrogens with one attached hydrogen (secondary N) is 1. The van der Waals surface area contributed by atoms with Crippen molar-refractivity contribution < 1.29 is 18.3 Å². The van der Waals surface area contributed by atoms with Crippen LogP contribution in [0.25, 0.3) is 0 Å². The highest BCUT2D eigenvalue weighted by atomic mass is 79.9. The minimum absolute atomic E-state index is 0. The molecule has 1 heterocycles. The van der Waals surface area contributed by atoms with Crippen LogP contribution in [-0.4, -0.2) is 16.5 Å². The van der Waals surface area contributed by atoms with Gasteiger partial charge in [-0.15, -0.1) is 12.4 Å². The zero-order valence-electron chi connectivity index (χ0n) is 18.6. The van der Waals surface area contributed by atoms with Crippen molar-refractivity contribution in [2.75, 3.05) is 0 Å². The Labute approximate surface area is 210 Å². The third-order valence-corrected chi connectivity index (χ3v) is 5.95. The lowest BCUT2D eigenvalue weighted by Gasteiger charge is -2.15. The van der Waals surface area contributed by atoms with Crippen molar-refractivity contribution in [1.29, 1.82) is 0 Å². The monoisotopic (exact) mass is 555 g/mol. The second kappa shape index (κ2) is 12.1. The van der Waals surface area contributed by atoms with E-state index < -0.39 is 23.6 Å². The molecular weight excluding hydrogens is 532 g/mol. The van der Waals surface area contributed by atoms with Crippen LogP contribution >= 0.6 is 28.3 Å². The molecule has 182 valence electrons. The predicted molar refractivity (Wildman–Crippen MR) is 132 cm³/mol. The molecule has 2 aromatic carbocycles. The summed E-state index contributed by atoms with van der Waals surface area (Å²) in [6.45, 7) is 4.19. The van der Waals surface area contributed by atoms with Crippen LogP contribution in [0.4, 0.5) is 8.78 Å². The van der Waals surface area contributed by atoms with Crippen molar-refractivity contribution in [2.45, 2.75) is 39.6 Å². The lowest BCUT2D eigenvalue weighted by atomic mass is 10.1. The molecule has 0 aliphatic rings. The summed E-state index contributed by atoms with van der Waals surface area (Å²) < 4.78 is 34.4. The first-order chi connectivity index (χ1) is 15.7. The number of ether oxygens (including phenoxy) is 1. The summed E-state index contributed by atoms with van der Waals surface area (Å²) in [5.41, 5.74) is 7.71. The number of hydrogen-bond donors (Lipinski definition) is 2. The Kier molecular flexibility index (Phi) is 9.78. The molecule has 3 rings (SSSR count). The second-order valence-electron chi connectivity index (χ2n) is 7.70. The van der Waals surface area contributed by atoms with Crippen molar-refractivity contribution in [3.05, 3.63) is 97.4 Å². The third kappa shape index (κ3) is 6.88. The van der Waals surface area contributed by atoms with Gasteiger partial charge in [0.25, 0.3) is 5.56 Å². The first kappa shape index (κ1) is 27.5. The van der Waals surface area contributed by atoms with Gasteiger partial charge >= 0.3 is 0 Å². The van der Waals surface area contributed by atoms with Crippen LogP contribution in [0.2, 0.25) is 0 Å². The molecule has 0 spiro atoms. The molecule has 1 aromatic heterocycles. The van der Waals surface area contributed by atoms with Crippen LogP contribution in [-0.2, 0) is 24.5 Å². The van der Waals surface area contributed by atoms with Crippen molar-refractivity contribution >= 4 is 34.2 Å². The van der Waals surface area contributed by atoms with Gasteiger partial charge in [0.15, 0.2) is 0 Å². The van der Waals surface area contributed by atoms with Crippen LogP contribution < -0.4 is 21.3 Å². The third-order valence-electron chi connectivity index (χ3n) is 5.22. The van der Waals surface area contributed by atoms with Gasteiger partial charge in [0.05, 0.1) is 12.6 Å². The maximum atomic E-state index is 13.8. The average molecular weight is 557 g/mol. The van der Waals surface area contributed by atoms with Gasteiger partial charge in [-0.2, -0.15) is 0 Å². The maximum Gasteiger partial charge on any atom is 0.269 e. The van der Waals surface area contributed by atoms with Gasteiger partial charge in [0.2, 0.25) is 5.91 Å². The number of amides is 1. The fraction of sp³-hybridized carbons (Fsp3) is 0.250. The first-order valence-corrected chi connectivity index (χ1v) is 11.0. The number of nitrogens with zero attached hydrogens (tertiary/aromatic N) is 1. The molecule has 0 bridgehead atoms. The minimum atomic E-state index is -0.709. The minimum Gasteiger partial charge on any atom is -0.487 e. The quantitative estimate of drug-likeness (QED) is 0.414. The average Bonchev–Trinajstić information content (AvgIpc) is 2.78. The van der Waals surface area contributed by atoms with Gasteiger partial charge < -0.3 is 20.4 Å². The Morgan fingerprint density at radius 1 is 1.15 bits per heavy atom. The summed E-state index contributed by atoms with van der Waals surface area (Å²) in [6.07, 6.45) is 0. The topological polar surface area (TPSA) is 86.3 Å². The standard InChI is InChI=1S/C24H24BrF2N3O3.ClH/c1-14-9-21(33-13-18-7-8-19(26)10-20(18)27)22(25)24(32)30(14)12-17-5-3-16(4-6-17)11-29-15(2)23(28)31;/h3-10,15,29H,11-13H2,1-2H3,(H2,28,31);1H. The number of rotatable bonds is 9. The van der Waals surface area contributed by atoms with Crippen LogP contribution in [0.1, 0.15) is 29.3 Å². The number of hydrogen-bond acceptors (Lipinski definition) is 4. The number of primary amides is 1. The van der Waals surface area contributed by atoms with E-state index in [9.17, 15) is 18.4 Å². The molecule has 3 N–H and O–H groups in total. The normalized spacial score (nSPS) is 11.6. The van der Waals surface area contributed by atoms with E-state index in [0.717, 1.165) is 23.3 Å². The van der Waals surface area contributed by atoms with Crippen molar-refractivity contribution in [3.8, 4) is 5.75 Å². The summed E-state index contributed by atoms with van der Waals surface area (Å²) in [5.74, 6) is -1.51. The van der Waals surface area contributed by atoms with Gasteiger partial charge in [0.1, 0.15) is 28.5 Å². The smallest absolute Gasteiger partial charge is 0.269 e. The molecule has 0 aliphatic carbocycles. The van der Waals surface area contributed by atoms with Gasteiger partial charge in [0, 0.05) is 29.9 Å². The van der Waals surface area contributed by atoms with Crippen LogP contribution in [0.3, 0.4) is 0 Å². The molecule has 0 saturated carbocycles. The number of aryl methyl sites for hydroxylation is 1. The largest absolute Gasteiger partial charge is 0.487 e. The highest BCUT2D eigenvalue weighted by molar-refractivity contribution is 9.10. The van der Waals surface area contributed by atoms with Crippen molar-refractivity contribution in [2.24, 2.45) is 5.73 Å². The number of pyridine rings is 1. The molecule has 6 nitrogen and oxygen atoms in total. The van der Waals surface area contributed by atoms with Gasteiger partial charge in [-0.05, 0) is 53.0 Å². The van der Waals surface area contributed by atoms with Gasteiger partial charge in [-0.25, -0.2) is 8.78 Å². The number of aromatic nitrogens is 1. The molecule has 1 atom stereocenters. The molecule has 1 amide bonds. The molecule has 1 unspecified atom stereocenters. The van der Waals surface area contributed by atoms with E-state index in [4.69, 9.17) is 10.5 Å². The summed E-state index contributed by atoms with van der Waals surface area (Å²) in [6, 6.07) is 12.2. The Balaban J connectivity index is 0.00000408. The predicted octanol–water partition coefficient (Wildman–Crippen LogP) is 4.21. The van der Waals surface area contributed by atoms with E-state index in [0.29, 0.717) is 18.8 Å². The summed E-state index contributed by atoms with van der Waals surface area (Å²) in [4.78, 5) is 24.0. The van der Waals surface area contributed by atoms with Gasteiger partial charge in [-0.1, -0.05) is 24.3 Å². The lowest BCUT2D eigenvalue weighted by molar-refractivity contribution is -0.119. The van der Waals surface area contributed by atoms with E-state index in [2.05, 4.69) is 21.2 Å². The molecule has 0 aliphatic heterocycles. The van der Waals surface area contributed by atoms with Gasteiger partial charge in [-0.3, -0.25) is 9.59 Å². The van der Waals surface area contributed by atoms with E-state index in [1.165, 1.54) is 6.07 Å². The summed E-state index contributed by atoms with van der Waals surface area (Å²) in [7, 11) is 0. The van der Waals surface area contributed by atoms with Crippen LogP contribution in [0, 0.1) is 18.6 Å². The van der Waals surface area contributed by atoms with E-state index in [1.54, 1.807) is 24.5 Å². The highest BCUT2D eigenvalue weighted by Crippen LogP contribution is 2.24. The summed E-state index contributed by atoms with van der Waals surface area (Å²) >= 11 is 3.28. The number of carbonyl (C=O) groups is 1. The molecule has 0 fully saturated rings. The van der Waals surface area contributed by atoms with Crippen LogP contribution in [0.15, 0.2) is 57.8 Å². The molecular formula is C24H25BrClF2N3O3. The van der Waals surface area contributed by atoms with E-state index in [1.807, 2.05) is 24.3 Å². The first-order valence-electron chi connectivity index (χ1n) is 10.2. The molecule has 3 aromatic rings. The molecule has 0 saturated heterocycles.